The molecule has 9 nitrogen and oxygen atoms in total. The third-order valence-corrected chi connectivity index (χ3v) is 5.91. The Morgan fingerprint density at radius 2 is 1.64 bits per heavy atom. The van der Waals surface area contributed by atoms with Crippen LogP contribution in [0, 0.1) is 6.92 Å². The van der Waals surface area contributed by atoms with Gasteiger partial charge in [-0.1, -0.05) is 12.1 Å². The summed E-state index contributed by atoms with van der Waals surface area (Å²) < 4.78 is 28.7. The van der Waals surface area contributed by atoms with E-state index >= 15 is 0 Å². The van der Waals surface area contributed by atoms with Crippen LogP contribution in [0.3, 0.4) is 0 Å². The summed E-state index contributed by atoms with van der Waals surface area (Å²) >= 11 is 0. The molecule has 0 radical (unpaired) electrons. The van der Waals surface area contributed by atoms with Gasteiger partial charge in [0.15, 0.2) is 18.1 Å². The number of fused-ring (bicyclic) bond motifs is 1. The predicted octanol–water partition coefficient (Wildman–Crippen LogP) is 5.25. The molecule has 0 saturated carbocycles. The highest BCUT2D eigenvalue weighted by atomic mass is 16.5. The van der Waals surface area contributed by atoms with E-state index in [0.717, 1.165) is 11.3 Å². The molecular formula is C30H34N2O7. The Bertz CT molecular complexity index is 1300. The van der Waals surface area contributed by atoms with Gasteiger partial charge >= 0.3 is 0 Å². The summed E-state index contributed by atoms with van der Waals surface area (Å²) in [5.41, 5.74) is 2.60. The number of hydrogen-bond acceptors (Lipinski definition) is 7. The molecule has 1 N–H and O–H groups in total. The van der Waals surface area contributed by atoms with E-state index in [9.17, 15) is 9.59 Å². The lowest BCUT2D eigenvalue weighted by Gasteiger charge is -2.29. The summed E-state index contributed by atoms with van der Waals surface area (Å²) in [7, 11) is 0. The van der Waals surface area contributed by atoms with E-state index in [0.29, 0.717) is 72.9 Å². The van der Waals surface area contributed by atoms with Gasteiger partial charge in [0.05, 0.1) is 32.1 Å². The number of ether oxygens (including phenoxy) is 5. The number of aryl methyl sites for hydroxylation is 1. The van der Waals surface area contributed by atoms with Gasteiger partial charge in [-0.2, -0.15) is 0 Å². The third kappa shape index (κ3) is 6.73. The lowest BCUT2D eigenvalue weighted by molar-refractivity contribution is -0.121. The molecule has 3 aromatic rings. The zero-order valence-corrected chi connectivity index (χ0v) is 22.7. The van der Waals surface area contributed by atoms with Crippen LogP contribution in [0.5, 0.6) is 28.7 Å². The van der Waals surface area contributed by atoms with Crippen molar-refractivity contribution in [3.05, 3.63) is 65.7 Å². The molecule has 1 heterocycles. The minimum absolute atomic E-state index is 0.0941. The number of nitrogens with one attached hydrogen (secondary N) is 1. The first-order chi connectivity index (χ1) is 18.9. The van der Waals surface area contributed by atoms with Gasteiger partial charge in [-0.3, -0.25) is 9.59 Å². The smallest absolute Gasteiger partial charge is 0.265 e. The van der Waals surface area contributed by atoms with Crippen molar-refractivity contribution in [2.24, 2.45) is 0 Å². The zero-order valence-electron chi connectivity index (χ0n) is 22.7. The molecule has 0 fully saturated rings. The number of carbonyl (C=O) groups excluding carboxylic acids is 2. The summed E-state index contributed by atoms with van der Waals surface area (Å²) in [6, 6.07) is 16.2. The lowest BCUT2D eigenvalue weighted by Crippen LogP contribution is -2.41. The van der Waals surface area contributed by atoms with E-state index in [1.807, 2.05) is 52.0 Å². The number of amides is 2. The molecule has 0 spiro atoms. The fourth-order valence-corrected chi connectivity index (χ4v) is 4.21. The maximum Gasteiger partial charge on any atom is 0.265 e. The molecule has 0 aromatic heterocycles. The van der Waals surface area contributed by atoms with Crippen molar-refractivity contribution >= 4 is 23.2 Å². The maximum absolute atomic E-state index is 13.2. The largest absolute Gasteiger partial charge is 0.492 e. The second kappa shape index (κ2) is 12.9. The SMILES string of the molecule is CCOc1cc(C(=O)Nc2ccc3c(c2)OCC(=O)N3CCOc2cccc(C)c2)cc(OCC)c1OCC. The van der Waals surface area contributed by atoms with Gasteiger partial charge in [0.1, 0.15) is 18.1 Å². The Hall–Kier alpha value is -4.40. The number of hydrogen-bond donors (Lipinski definition) is 1. The van der Waals surface area contributed by atoms with E-state index in [2.05, 4.69) is 5.32 Å². The molecule has 0 saturated heterocycles. The van der Waals surface area contributed by atoms with Gasteiger partial charge in [-0.05, 0) is 69.7 Å². The lowest BCUT2D eigenvalue weighted by atomic mass is 10.1. The molecule has 0 unspecified atom stereocenters. The monoisotopic (exact) mass is 534 g/mol. The Morgan fingerprint density at radius 3 is 2.31 bits per heavy atom. The second-order valence-electron chi connectivity index (χ2n) is 8.74. The standard InChI is InChI=1S/C30H34N2O7/c1-5-35-26-16-21(17-27(36-6-2)29(26)37-7-3)30(34)31-22-11-12-24-25(18-22)39-19-28(33)32(24)13-14-38-23-10-8-9-20(4)15-23/h8-12,15-18H,5-7,13-14,19H2,1-4H3,(H,31,34). The van der Waals surface area contributed by atoms with Crippen LogP contribution in [0.2, 0.25) is 0 Å². The van der Waals surface area contributed by atoms with E-state index in [1.54, 1.807) is 35.2 Å². The number of carbonyl (C=O) groups is 2. The summed E-state index contributed by atoms with van der Waals surface area (Å²) in [5.74, 6) is 2.08. The van der Waals surface area contributed by atoms with Gasteiger partial charge in [-0.25, -0.2) is 0 Å². The van der Waals surface area contributed by atoms with Crippen molar-refractivity contribution in [3.63, 3.8) is 0 Å². The molecule has 1 aliphatic heterocycles. The van der Waals surface area contributed by atoms with E-state index < -0.39 is 0 Å². The number of rotatable bonds is 12. The number of nitrogens with zero attached hydrogens (tertiary/aromatic N) is 1. The fraction of sp³-hybridized carbons (Fsp3) is 0.333. The van der Waals surface area contributed by atoms with Crippen LogP contribution in [0.15, 0.2) is 54.6 Å². The van der Waals surface area contributed by atoms with Crippen molar-refractivity contribution in [2.75, 3.05) is 49.8 Å². The van der Waals surface area contributed by atoms with Crippen LogP contribution in [-0.4, -0.2) is 51.4 Å². The van der Waals surface area contributed by atoms with Crippen LogP contribution >= 0.6 is 0 Å². The zero-order chi connectivity index (χ0) is 27.8. The molecule has 3 aromatic carbocycles. The molecule has 0 bridgehead atoms. The van der Waals surface area contributed by atoms with Crippen molar-refractivity contribution in [1.82, 2.24) is 0 Å². The first-order valence-electron chi connectivity index (χ1n) is 13.1. The average molecular weight is 535 g/mol. The number of anilines is 2. The summed E-state index contributed by atoms with van der Waals surface area (Å²) in [6.45, 7) is 9.43. The fourth-order valence-electron chi connectivity index (χ4n) is 4.21. The van der Waals surface area contributed by atoms with Crippen molar-refractivity contribution in [3.8, 4) is 28.7 Å². The molecule has 4 rings (SSSR count). The minimum atomic E-state index is -0.352. The van der Waals surface area contributed by atoms with Gasteiger partial charge in [0, 0.05) is 17.3 Å². The maximum atomic E-state index is 13.2. The van der Waals surface area contributed by atoms with Crippen LogP contribution in [0.4, 0.5) is 11.4 Å². The number of benzene rings is 3. The summed E-state index contributed by atoms with van der Waals surface area (Å²) in [5, 5.41) is 2.90. The van der Waals surface area contributed by atoms with Crippen molar-refractivity contribution < 1.29 is 33.3 Å². The normalized spacial score (nSPS) is 12.3. The first-order valence-corrected chi connectivity index (χ1v) is 13.1. The van der Waals surface area contributed by atoms with Crippen LogP contribution in [0.1, 0.15) is 36.7 Å². The molecule has 206 valence electrons. The Labute approximate surface area is 228 Å². The Kier molecular flexibility index (Phi) is 9.14. The molecular weight excluding hydrogens is 500 g/mol. The van der Waals surface area contributed by atoms with Crippen LogP contribution in [-0.2, 0) is 4.79 Å². The summed E-state index contributed by atoms with van der Waals surface area (Å²) in [4.78, 5) is 27.4. The molecule has 1 aliphatic rings. The van der Waals surface area contributed by atoms with Gasteiger partial charge in [0.2, 0.25) is 5.75 Å². The second-order valence-corrected chi connectivity index (χ2v) is 8.74. The highest BCUT2D eigenvalue weighted by Gasteiger charge is 2.26. The van der Waals surface area contributed by atoms with Gasteiger partial charge < -0.3 is 33.9 Å². The predicted molar refractivity (Wildman–Crippen MR) is 149 cm³/mol. The average Bonchev–Trinajstić information content (AvgIpc) is 2.92. The van der Waals surface area contributed by atoms with E-state index in [4.69, 9.17) is 23.7 Å². The van der Waals surface area contributed by atoms with Crippen LogP contribution in [0.25, 0.3) is 0 Å². The van der Waals surface area contributed by atoms with E-state index in [1.165, 1.54) is 0 Å². The third-order valence-electron chi connectivity index (χ3n) is 5.91. The van der Waals surface area contributed by atoms with Gasteiger partial charge in [0.25, 0.3) is 11.8 Å². The van der Waals surface area contributed by atoms with E-state index in [-0.39, 0.29) is 18.4 Å². The molecule has 0 atom stereocenters. The summed E-state index contributed by atoms with van der Waals surface area (Å²) in [6.07, 6.45) is 0. The quantitative estimate of drug-likeness (QED) is 0.339. The minimum Gasteiger partial charge on any atom is -0.492 e. The molecule has 9 heteroatoms. The van der Waals surface area contributed by atoms with Crippen molar-refractivity contribution in [2.45, 2.75) is 27.7 Å². The highest BCUT2D eigenvalue weighted by Crippen LogP contribution is 2.40. The van der Waals surface area contributed by atoms with Gasteiger partial charge in [-0.15, -0.1) is 0 Å². The molecule has 39 heavy (non-hydrogen) atoms. The Morgan fingerprint density at radius 1 is 0.923 bits per heavy atom. The Balaban J connectivity index is 1.49. The van der Waals surface area contributed by atoms with Crippen molar-refractivity contribution in [1.29, 1.82) is 0 Å². The highest BCUT2D eigenvalue weighted by molar-refractivity contribution is 6.06. The molecule has 2 amide bonds. The van der Waals surface area contributed by atoms with Crippen LogP contribution < -0.4 is 33.9 Å². The first kappa shape index (κ1) is 27.6. The topological polar surface area (TPSA) is 95.6 Å². The molecule has 0 aliphatic carbocycles.